The fourth-order valence-corrected chi connectivity index (χ4v) is 4.06. The van der Waals surface area contributed by atoms with Crippen molar-refractivity contribution >= 4 is 45.8 Å². The topological polar surface area (TPSA) is 32.3 Å². The van der Waals surface area contributed by atoms with Gasteiger partial charge in [0.2, 0.25) is 0 Å². The van der Waals surface area contributed by atoms with Crippen molar-refractivity contribution in [3.8, 4) is 0 Å². The Morgan fingerprint density at radius 2 is 1.82 bits per heavy atom. The van der Waals surface area contributed by atoms with Gasteiger partial charge in [0.15, 0.2) is 0 Å². The molecule has 1 amide bonds. The van der Waals surface area contributed by atoms with Crippen LogP contribution in [0.15, 0.2) is 22.7 Å². The number of piperidine rings is 2. The van der Waals surface area contributed by atoms with Crippen LogP contribution in [0.3, 0.4) is 0 Å². The van der Waals surface area contributed by atoms with Crippen LogP contribution in [-0.2, 0) is 0 Å². The molecule has 0 radical (unpaired) electrons. The third kappa shape index (κ3) is 3.78. The van der Waals surface area contributed by atoms with Crippen LogP contribution >= 0.6 is 39.9 Å². The van der Waals surface area contributed by atoms with E-state index in [-0.39, 0.29) is 18.3 Å². The van der Waals surface area contributed by atoms with Crippen molar-refractivity contribution in [1.82, 2.24) is 10.2 Å². The van der Waals surface area contributed by atoms with E-state index in [9.17, 15) is 4.79 Å². The van der Waals surface area contributed by atoms with Gasteiger partial charge in [0, 0.05) is 22.6 Å². The molecule has 0 unspecified atom stereocenters. The largest absolute Gasteiger partial charge is 0.339 e. The minimum absolute atomic E-state index is 0. The van der Waals surface area contributed by atoms with Crippen LogP contribution in [0.4, 0.5) is 0 Å². The Morgan fingerprint density at radius 1 is 1.18 bits per heavy atom. The summed E-state index contributed by atoms with van der Waals surface area (Å²) in [5, 5.41) is 4.03. The molecular weight excluding hydrogens is 387 g/mol. The predicted octanol–water partition coefficient (Wildman–Crippen LogP) is 4.13. The Kier molecular flexibility index (Phi) is 6.17. The summed E-state index contributed by atoms with van der Waals surface area (Å²) in [6.07, 6.45) is 4.74. The average Bonchev–Trinajstić information content (AvgIpc) is 2.51. The summed E-state index contributed by atoms with van der Waals surface area (Å²) in [5.41, 5.74) is 1.14. The highest BCUT2D eigenvalue weighted by molar-refractivity contribution is 9.10. The van der Waals surface area contributed by atoms with Crippen molar-refractivity contribution < 1.29 is 4.79 Å². The Labute approximate surface area is 151 Å². The smallest absolute Gasteiger partial charge is 0.255 e. The Morgan fingerprint density at radius 3 is 2.45 bits per heavy atom. The predicted molar refractivity (Wildman–Crippen MR) is 96.1 cm³/mol. The van der Waals surface area contributed by atoms with Crippen molar-refractivity contribution in [1.29, 1.82) is 0 Å². The van der Waals surface area contributed by atoms with Gasteiger partial charge in [-0.25, -0.2) is 0 Å². The average molecular weight is 408 g/mol. The molecule has 1 N–H and O–H groups in total. The van der Waals surface area contributed by atoms with Gasteiger partial charge in [-0.2, -0.15) is 0 Å². The van der Waals surface area contributed by atoms with Crippen LogP contribution < -0.4 is 5.32 Å². The Bertz CT molecular complexity index is 537. The van der Waals surface area contributed by atoms with Gasteiger partial charge < -0.3 is 10.2 Å². The summed E-state index contributed by atoms with van der Waals surface area (Å²) in [5.74, 6) is 0.0909. The number of nitrogens with one attached hydrogen (secondary N) is 1. The standard InChI is InChI=1S/C16H20BrClN2O.ClH/c17-14-2-1-12(18)11-13(14)15(21)20-9-5-16(6-10-20)3-7-19-8-4-16;/h1-2,11,19H,3-10H2;1H. The number of hydrogen-bond acceptors (Lipinski definition) is 2. The van der Waals surface area contributed by atoms with Crippen LogP contribution in [0.1, 0.15) is 36.0 Å². The van der Waals surface area contributed by atoms with E-state index in [0.717, 1.165) is 43.5 Å². The molecule has 1 aromatic carbocycles. The summed E-state index contributed by atoms with van der Waals surface area (Å²) in [6.45, 7) is 3.96. The van der Waals surface area contributed by atoms with Crippen molar-refractivity contribution in [3.05, 3.63) is 33.3 Å². The first kappa shape index (κ1) is 18.1. The van der Waals surface area contributed by atoms with Crippen molar-refractivity contribution in [2.45, 2.75) is 25.7 Å². The molecule has 2 aliphatic rings. The van der Waals surface area contributed by atoms with Gasteiger partial charge in [0.1, 0.15) is 0 Å². The summed E-state index contributed by atoms with van der Waals surface area (Å²) in [7, 11) is 0. The number of carbonyl (C=O) groups excluding carboxylic acids is 1. The summed E-state index contributed by atoms with van der Waals surface area (Å²) in [6, 6.07) is 5.39. The molecule has 0 bridgehead atoms. The van der Waals surface area contributed by atoms with Gasteiger partial charge >= 0.3 is 0 Å². The van der Waals surface area contributed by atoms with Gasteiger partial charge in [0.25, 0.3) is 5.91 Å². The second-order valence-corrected chi connectivity index (χ2v) is 7.46. The molecule has 2 fully saturated rings. The molecule has 0 saturated carbocycles. The maximum Gasteiger partial charge on any atom is 0.255 e. The number of nitrogens with zero attached hydrogens (tertiary/aromatic N) is 1. The highest BCUT2D eigenvalue weighted by atomic mass is 79.9. The maximum absolute atomic E-state index is 12.7. The van der Waals surface area contributed by atoms with Gasteiger partial charge in [-0.1, -0.05) is 11.6 Å². The van der Waals surface area contributed by atoms with E-state index in [4.69, 9.17) is 11.6 Å². The van der Waals surface area contributed by atoms with E-state index in [2.05, 4.69) is 21.2 Å². The first-order chi connectivity index (χ1) is 10.1. The molecule has 22 heavy (non-hydrogen) atoms. The van der Waals surface area contributed by atoms with Gasteiger partial charge in [0.05, 0.1) is 5.56 Å². The van der Waals surface area contributed by atoms with Crippen LogP contribution in [0.2, 0.25) is 5.02 Å². The lowest BCUT2D eigenvalue weighted by Gasteiger charge is -2.44. The van der Waals surface area contributed by atoms with Gasteiger partial charge in [-0.05, 0) is 78.3 Å². The Hall–Kier alpha value is -0.290. The van der Waals surface area contributed by atoms with Crippen LogP contribution in [0, 0.1) is 5.41 Å². The molecule has 6 heteroatoms. The molecule has 2 aliphatic heterocycles. The van der Waals surface area contributed by atoms with E-state index in [1.54, 1.807) is 12.1 Å². The number of likely N-dealkylation sites (tertiary alicyclic amines) is 1. The molecule has 1 spiro atoms. The van der Waals surface area contributed by atoms with Crippen molar-refractivity contribution in [3.63, 3.8) is 0 Å². The zero-order valence-electron chi connectivity index (χ0n) is 12.4. The normalized spacial score (nSPS) is 20.5. The maximum atomic E-state index is 12.7. The number of hydrogen-bond donors (Lipinski definition) is 1. The molecule has 0 aliphatic carbocycles. The fraction of sp³-hybridized carbons (Fsp3) is 0.562. The molecule has 3 nitrogen and oxygen atoms in total. The van der Waals surface area contributed by atoms with Crippen molar-refractivity contribution in [2.24, 2.45) is 5.41 Å². The second-order valence-electron chi connectivity index (χ2n) is 6.17. The number of amides is 1. The monoisotopic (exact) mass is 406 g/mol. The third-order valence-electron chi connectivity index (χ3n) is 4.93. The van der Waals surface area contributed by atoms with E-state index in [0.29, 0.717) is 16.0 Å². The zero-order chi connectivity index (χ0) is 14.9. The lowest BCUT2D eigenvalue weighted by molar-refractivity contribution is 0.0495. The lowest BCUT2D eigenvalue weighted by Crippen LogP contribution is -2.47. The highest BCUT2D eigenvalue weighted by Gasteiger charge is 2.37. The van der Waals surface area contributed by atoms with E-state index < -0.39 is 0 Å². The fourth-order valence-electron chi connectivity index (χ4n) is 3.47. The quantitative estimate of drug-likeness (QED) is 0.758. The summed E-state index contributed by atoms with van der Waals surface area (Å²) in [4.78, 5) is 14.6. The molecular formula is C16H21BrCl2N2O. The van der Waals surface area contributed by atoms with Gasteiger partial charge in [-0.15, -0.1) is 12.4 Å². The number of carbonyl (C=O) groups is 1. The third-order valence-corrected chi connectivity index (χ3v) is 5.86. The molecule has 3 rings (SSSR count). The van der Waals surface area contributed by atoms with Crippen LogP contribution in [-0.4, -0.2) is 37.0 Å². The molecule has 122 valence electrons. The second kappa shape index (κ2) is 7.52. The SMILES string of the molecule is Cl.O=C(c1cc(Cl)ccc1Br)N1CCC2(CCNCC2)CC1. The summed E-state index contributed by atoms with van der Waals surface area (Å²) < 4.78 is 0.819. The van der Waals surface area contributed by atoms with E-state index in [1.165, 1.54) is 12.8 Å². The first-order valence-electron chi connectivity index (χ1n) is 7.55. The number of benzene rings is 1. The molecule has 2 saturated heterocycles. The minimum atomic E-state index is 0. The zero-order valence-corrected chi connectivity index (χ0v) is 15.6. The van der Waals surface area contributed by atoms with Crippen LogP contribution in [0.5, 0.6) is 0 Å². The lowest BCUT2D eigenvalue weighted by atomic mass is 9.71. The van der Waals surface area contributed by atoms with E-state index >= 15 is 0 Å². The number of halogens is 3. The van der Waals surface area contributed by atoms with Crippen LogP contribution in [0.25, 0.3) is 0 Å². The Balaban J connectivity index is 0.00000176. The molecule has 0 aromatic heterocycles. The first-order valence-corrected chi connectivity index (χ1v) is 8.72. The highest BCUT2D eigenvalue weighted by Crippen LogP contribution is 2.40. The molecule has 1 aromatic rings. The summed E-state index contributed by atoms with van der Waals surface area (Å²) >= 11 is 9.47. The minimum Gasteiger partial charge on any atom is -0.339 e. The van der Waals surface area contributed by atoms with Gasteiger partial charge in [-0.3, -0.25) is 4.79 Å². The molecule has 2 heterocycles. The molecule has 0 atom stereocenters. The van der Waals surface area contributed by atoms with Crippen molar-refractivity contribution in [2.75, 3.05) is 26.2 Å². The number of rotatable bonds is 1. The van der Waals surface area contributed by atoms with E-state index in [1.807, 2.05) is 11.0 Å².